The molecule has 190 valence electrons. The fraction of sp³-hybridized carbons (Fsp3) is 0.333. The van der Waals surface area contributed by atoms with Crippen molar-refractivity contribution in [2.45, 2.75) is 12.5 Å². The molecule has 0 bridgehead atoms. The van der Waals surface area contributed by atoms with Gasteiger partial charge in [0.15, 0.2) is 0 Å². The minimum atomic E-state index is -3.95. The molecule has 2 amide bonds. The number of amides is 2. The number of hydrogen-bond acceptors (Lipinski definition) is 7. The monoisotopic (exact) mass is 563 g/mol. The fourth-order valence-electron chi connectivity index (χ4n) is 3.32. The normalized spacial score (nSPS) is 16.9. The van der Waals surface area contributed by atoms with E-state index in [9.17, 15) is 30.8 Å². The molecular weight excluding hydrogens is 541 g/mol. The van der Waals surface area contributed by atoms with Gasteiger partial charge in [-0.3, -0.25) is 9.59 Å². The highest BCUT2D eigenvalue weighted by Crippen LogP contribution is 2.27. The zero-order valence-electron chi connectivity index (χ0n) is 18.8. The number of rotatable bonds is 9. The van der Waals surface area contributed by atoms with E-state index < -0.39 is 43.5 Å². The summed E-state index contributed by atoms with van der Waals surface area (Å²) < 4.78 is 65.0. The maximum atomic E-state index is 14.8. The molecule has 3 rings (SSSR count). The minimum Gasteiger partial charge on any atom is -0.341 e. The van der Waals surface area contributed by atoms with Crippen molar-refractivity contribution in [3.05, 3.63) is 56.3 Å². The molecule has 0 saturated carbocycles. The highest BCUT2D eigenvalue weighted by molar-refractivity contribution is 7.92. The first kappa shape index (κ1) is 27.3. The first-order valence-electron chi connectivity index (χ1n) is 10.3. The topological polar surface area (TPSA) is 121 Å². The average Bonchev–Trinajstić information content (AvgIpc) is 3.35. The molecule has 1 N–H and O–H groups in total. The summed E-state index contributed by atoms with van der Waals surface area (Å²) in [5.74, 6) is -2.26. The maximum Gasteiger partial charge on any atom is 0.253 e. The van der Waals surface area contributed by atoms with Crippen LogP contribution in [0.2, 0.25) is 4.34 Å². The summed E-state index contributed by atoms with van der Waals surface area (Å²) in [6, 6.07) is 5.78. The fourth-order valence-corrected chi connectivity index (χ4v) is 6.00. The average molecular weight is 564 g/mol. The number of anilines is 1. The largest absolute Gasteiger partial charge is 0.341 e. The number of carbonyl (C=O) groups excluding carboxylic acids is 2. The Balaban J connectivity index is 1.67. The molecule has 0 aliphatic carbocycles. The summed E-state index contributed by atoms with van der Waals surface area (Å²) in [5.41, 5.74) is -0.0965. The number of benzene rings is 1. The van der Waals surface area contributed by atoms with Crippen LogP contribution < -0.4 is 9.62 Å². The van der Waals surface area contributed by atoms with Crippen molar-refractivity contribution < 1.29 is 30.8 Å². The van der Waals surface area contributed by atoms with E-state index in [1.165, 1.54) is 41.5 Å². The quantitative estimate of drug-likeness (QED) is 0.500. The molecule has 14 heteroatoms. The summed E-state index contributed by atoms with van der Waals surface area (Å²) in [4.78, 5) is 28.2. The number of halogens is 2. The van der Waals surface area contributed by atoms with Crippen molar-refractivity contribution in [3.8, 4) is 0 Å². The maximum absolute atomic E-state index is 14.8. The SMILES string of the molecule is CN(CCS(C)(=O)=O)C(=O)c1ccc(N2CC[C@H](NS(=O)(=O)/C=C/c3ccc(Cl)s3)C2=O)c(F)c1. The van der Waals surface area contributed by atoms with Gasteiger partial charge in [-0.05, 0) is 42.8 Å². The van der Waals surface area contributed by atoms with Crippen molar-refractivity contribution in [1.29, 1.82) is 0 Å². The van der Waals surface area contributed by atoms with E-state index in [1.54, 1.807) is 12.1 Å². The van der Waals surface area contributed by atoms with Gasteiger partial charge in [0, 0.05) is 42.2 Å². The number of carbonyl (C=O) groups is 2. The van der Waals surface area contributed by atoms with E-state index in [1.807, 2.05) is 0 Å². The molecule has 1 fully saturated rings. The van der Waals surface area contributed by atoms with Crippen LogP contribution in [0, 0.1) is 5.82 Å². The van der Waals surface area contributed by atoms with E-state index in [0.29, 0.717) is 9.21 Å². The zero-order valence-corrected chi connectivity index (χ0v) is 22.0. The first-order chi connectivity index (χ1) is 16.3. The van der Waals surface area contributed by atoms with Crippen LogP contribution in [0.3, 0.4) is 0 Å². The van der Waals surface area contributed by atoms with E-state index >= 15 is 0 Å². The van der Waals surface area contributed by atoms with Crippen LogP contribution in [-0.2, 0) is 24.7 Å². The minimum absolute atomic E-state index is 0.00929. The predicted octanol–water partition coefficient (Wildman–Crippen LogP) is 2.35. The Hall–Kier alpha value is -2.32. The number of nitrogens with zero attached hydrogens (tertiary/aromatic N) is 2. The van der Waals surface area contributed by atoms with Crippen LogP contribution in [0.25, 0.3) is 6.08 Å². The van der Waals surface area contributed by atoms with Gasteiger partial charge in [-0.1, -0.05) is 11.6 Å². The Morgan fingerprint density at radius 3 is 2.60 bits per heavy atom. The van der Waals surface area contributed by atoms with Gasteiger partial charge >= 0.3 is 0 Å². The Morgan fingerprint density at radius 2 is 2.00 bits per heavy atom. The van der Waals surface area contributed by atoms with Crippen molar-refractivity contribution in [3.63, 3.8) is 0 Å². The van der Waals surface area contributed by atoms with Gasteiger partial charge in [0.1, 0.15) is 21.7 Å². The molecule has 35 heavy (non-hydrogen) atoms. The van der Waals surface area contributed by atoms with E-state index in [0.717, 1.165) is 22.6 Å². The highest BCUT2D eigenvalue weighted by Gasteiger charge is 2.36. The summed E-state index contributed by atoms with van der Waals surface area (Å²) in [6.07, 6.45) is 2.54. The van der Waals surface area contributed by atoms with Gasteiger partial charge in [-0.2, -0.15) is 4.72 Å². The van der Waals surface area contributed by atoms with E-state index in [2.05, 4.69) is 4.72 Å². The van der Waals surface area contributed by atoms with Gasteiger partial charge in [-0.15, -0.1) is 11.3 Å². The Bertz CT molecular complexity index is 1370. The van der Waals surface area contributed by atoms with Gasteiger partial charge in [-0.25, -0.2) is 21.2 Å². The number of sulfone groups is 1. The van der Waals surface area contributed by atoms with Gasteiger partial charge < -0.3 is 9.80 Å². The second kappa shape index (κ2) is 10.7. The number of sulfonamides is 1. The summed E-state index contributed by atoms with van der Waals surface area (Å²) in [5, 5.41) is 0.937. The van der Waals surface area contributed by atoms with Crippen LogP contribution in [0.4, 0.5) is 10.1 Å². The Labute approximate surface area is 212 Å². The molecule has 0 radical (unpaired) electrons. The van der Waals surface area contributed by atoms with Crippen LogP contribution in [-0.4, -0.2) is 71.7 Å². The second-order valence-corrected chi connectivity index (χ2v) is 13.6. The standard InChI is InChI=1S/C21H23ClFN3O6S3/c1-25(10-12-34(2,29)30)20(27)14-3-5-18(16(23)13-14)26-9-7-17(21(26)28)24-35(31,32)11-8-15-4-6-19(22)33-15/h3-6,8,11,13,17,24H,7,9-10,12H2,1-2H3/b11-8+/t17-/m0/s1. The second-order valence-electron chi connectivity index (χ2n) is 7.96. The van der Waals surface area contributed by atoms with Crippen molar-refractivity contribution in [2.75, 3.05) is 37.0 Å². The lowest BCUT2D eigenvalue weighted by molar-refractivity contribution is -0.118. The van der Waals surface area contributed by atoms with Crippen LogP contribution in [0.5, 0.6) is 0 Å². The molecule has 0 unspecified atom stereocenters. The van der Waals surface area contributed by atoms with Crippen LogP contribution >= 0.6 is 22.9 Å². The summed E-state index contributed by atoms with van der Waals surface area (Å²) in [6.45, 7) is 0.0240. The predicted molar refractivity (Wildman–Crippen MR) is 134 cm³/mol. The molecular formula is C21H23ClFN3O6S3. The molecule has 2 heterocycles. The molecule has 1 aliphatic rings. The third kappa shape index (κ3) is 7.34. The third-order valence-corrected chi connectivity index (χ3v) is 8.38. The lowest BCUT2D eigenvalue weighted by Gasteiger charge is -2.20. The van der Waals surface area contributed by atoms with Gasteiger partial charge in [0.05, 0.1) is 15.8 Å². The molecule has 2 aromatic rings. The smallest absolute Gasteiger partial charge is 0.253 e. The van der Waals surface area contributed by atoms with Crippen molar-refractivity contribution in [2.24, 2.45) is 0 Å². The molecule has 1 atom stereocenters. The highest BCUT2D eigenvalue weighted by atomic mass is 35.5. The third-order valence-electron chi connectivity index (χ3n) is 5.15. The van der Waals surface area contributed by atoms with Crippen molar-refractivity contribution in [1.82, 2.24) is 9.62 Å². The zero-order chi connectivity index (χ0) is 26.0. The molecule has 1 aromatic carbocycles. The van der Waals surface area contributed by atoms with E-state index in [-0.39, 0.29) is 36.5 Å². The van der Waals surface area contributed by atoms with Gasteiger partial charge in [0.25, 0.3) is 5.91 Å². The van der Waals surface area contributed by atoms with Crippen LogP contribution in [0.1, 0.15) is 21.7 Å². The lowest BCUT2D eigenvalue weighted by atomic mass is 10.1. The molecule has 9 nitrogen and oxygen atoms in total. The molecule has 0 spiro atoms. The van der Waals surface area contributed by atoms with Crippen molar-refractivity contribution >= 4 is 66.4 Å². The number of thiophene rings is 1. The summed E-state index contributed by atoms with van der Waals surface area (Å²) >= 11 is 7.02. The lowest BCUT2D eigenvalue weighted by Crippen LogP contribution is -2.41. The van der Waals surface area contributed by atoms with Gasteiger partial charge in [0.2, 0.25) is 15.9 Å². The first-order valence-corrected chi connectivity index (χ1v) is 15.1. The molecule has 1 aromatic heterocycles. The Morgan fingerprint density at radius 1 is 1.29 bits per heavy atom. The number of hydrogen-bond donors (Lipinski definition) is 1. The van der Waals surface area contributed by atoms with Crippen LogP contribution in [0.15, 0.2) is 35.7 Å². The van der Waals surface area contributed by atoms with E-state index in [4.69, 9.17) is 11.6 Å². The molecule has 1 aliphatic heterocycles. The Kier molecular flexibility index (Phi) is 8.37. The summed E-state index contributed by atoms with van der Waals surface area (Å²) in [7, 11) is -5.82. The number of nitrogens with one attached hydrogen (secondary N) is 1. The molecule has 1 saturated heterocycles.